The summed E-state index contributed by atoms with van der Waals surface area (Å²) in [5.41, 5.74) is 9.95. The summed E-state index contributed by atoms with van der Waals surface area (Å²) in [6.07, 6.45) is 2.18. The molecule has 43 heavy (non-hydrogen) atoms. The zero-order chi connectivity index (χ0) is 30.4. The van der Waals surface area contributed by atoms with E-state index < -0.39 is 17.7 Å². The van der Waals surface area contributed by atoms with Crippen molar-refractivity contribution in [1.82, 2.24) is 19.7 Å². The van der Waals surface area contributed by atoms with Crippen LogP contribution in [0.15, 0.2) is 60.8 Å². The number of rotatable bonds is 7. The van der Waals surface area contributed by atoms with Crippen LogP contribution in [0.4, 0.5) is 19.0 Å². The lowest BCUT2D eigenvalue weighted by Crippen LogP contribution is -2.37. The second-order valence-corrected chi connectivity index (χ2v) is 11.5. The van der Waals surface area contributed by atoms with Crippen LogP contribution in [0.2, 0.25) is 0 Å². The minimum Gasteiger partial charge on any atom is -0.454 e. The average molecular weight is 590 g/mol. The van der Waals surface area contributed by atoms with Crippen LogP contribution in [0.5, 0.6) is 11.5 Å². The molecule has 1 aliphatic heterocycles. The zero-order valence-electron chi connectivity index (χ0n) is 24.2. The van der Waals surface area contributed by atoms with E-state index in [2.05, 4.69) is 28.8 Å². The molecule has 1 atom stereocenters. The molecule has 0 spiro atoms. The largest absolute Gasteiger partial charge is 0.454 e. The van der Waals surface area contributed by atoms with Gasteiger partial charge in [0.15, 0.2) is 11.6 Å². The van der Waals surface area contributed by atoms with Crippen molar-refractivity contribution < 1.29 is 23.0 Å². The number of likely N-dealkylation sites (tertiary alicyclic amines) is 1. The van der Waals surface area contributed by atoms with Gasteiger partial charge in [0, 0.05) is 28.2 Å². The number of nitrogen functional groups attached to an aromatic ring is 1. The summed E-state index contributed by atoms with van der Waals surface area (Å²) in [6.45, 7) is 8.06. The number of aliphatic hydroxyl groups is 1. The number of aromatic nitrogens is 3. The van der Waals surface area contributed by atoms with E-state index in [9.17, 15) is 13.9 Å². The van der Waals surface area contributed by atoms with E-state index in [1.807, 2.05) is 12.1 Å². The smallest absolute Gasteiger partial charge is 0.201 e. The highest BCUT2D eigenvalue weighted by Gasteiger charge is 2.26. The van der Waals surface area contributed by atoms with Crippen molar-refractivity contribution in [1.29, 1.82) is 0 Å². The molecule has 6 rings (SSSR count). The molecule has 10 heteroatoms. The number of aryl methyl sites for hydroxylation is 1. The predicted molar refractivity (Wildman–Crippen MR) is 160 cm³/mol. The van der Waals surface area contributed by atoms with Gasteiger partial charge in [0.05, 0.1) is 11.9 Å². The Morgan fingerprint density at radius 3 is 2.51 bits per heavy atom. The number of piperidine rings is 1. The summed E-state index contributed by atoms with van der Waals surface area (Å²) in [4.78, 5) is 5.57. The Kier molecular flexibility index (Phi) is 7.66. The maximum Gasteiger partial charge on any atom is 0.201 e. The van der Waals surface area contributed by atoms with Crippen LogP contribution >= 0.6 is 0 Å². The number of hydrogen-bond donors (Lipinski definition) is 3. The summed E-state index contributed by atoms with van der Waals surface area (Å²) in [6, 6.07) is 14.4. The number of benzene rings is 3. The second kappa shape index (κ2) is 11.4. The number of nitrogens with zero attached hydrogens (tertiary/aromatic N) is 3. The molecule has 0 bridgehead atoms. The van der Waals surface area contributed by atoms with Crippen molar-refractivity contribution in [2.24, 2.45) is 0 Å². The molecule has 0 radical (unpaired) electrons. The number of nitrogens with two attached hydrogens (primary N) is 1. The molecule has 1 unspecified atom stereocenters. The lowest BCUT2D eigenvalue weighted by Gasteiger charge is -2.34. The van der Waals surface area contributed by atoms with Gasteiger partial charge in [-0.3, -0.25) is 0 Å². The highest BCUT2D eigenvalue weighted by Crippen LogP contribution is 2.36. The number of fused-ring (bicyclic) bond motifs is 1. The van der Waals surface area contributed by atoms with Crippen molar-refractivity contribution in [3.63, 3.8) is 0 Å². The fourth-order valence-corrected chi connectivity index (χ4v) is 5.94. The van der Waals surface area contributed by atoms with E-state index in [0.29, 0.717) is 45.4 Å². The summed E-state index contributed by atoms with van der Waals surface area (Å²) >= 11 is 0. The van der Waals surface area contributed by atoms with E-state index in [1.54, 1.807) is 25.1 Å². The van der Waals surface area contributed by atoms with Crippen LogP contribution < -0.4 is 10.5 Å². The third-order valence-electron chi connectivity index (χ3n) is 8.42. The monoisotopic (exact) mass is 589 g/mol. The molecule has 0 amide bonds. The molecular weight excluding hydrogens is 555 g/mol. The normalized spacial score (nSPS) is 15.4. The summed E-state index contributed by atoms with van der Waals surface area (Å²) in [7, 11) is 0. The van der Waals surface area contributed by atoms with Gasteiger partial charge < -0.3 is 25.5 Å². The quantitative estimate of drug-likeness (QED) is 0.188. The van der Waals surface area contributed by atoms with Crippen LogP contribution in [0, 0.1) is 24.4 Å². The molecular formula is C33H34F3N5O2. The Morgan fingerprint density at radius 1 is 1.02 bits per heavy atom. The van der Waals surface area contributed by atoms with E-state index >= 15 is 4.39 Å². The maximum atomic E-state index is 15.2. The number of aliphatic hydroxyl groups excluding tert-OH is 1. The lowest BCUT2D eigenvalue weighted by molar-refractivity contribution is 0.171. The third kappa shape index (κ3) is 5.48. The first-order chi connectivity index (χ1) is 20.6. The number of ether oxygens (including phenoxy) is 1. The van der Waals surface area contributed by atoms with Gasteiger partial charge >= 0.3 is 0 Å². The highest BCUT2D eigenvalue weighted by atomic mass is 19.2. The first kappa shape index (κ1) is 28.8. The van der Waals surface area contributed by atoms with Crippen LogP contribution in [0.1, 0.15) is 61.1 Å². The molecule has 3 heterocycles. The summed E-state index contributed by atoms with van der Waals surface area (Å²) in [5, 5.41) is 16.5. The van der Waals surface area contributed by atoms with Gasteiger partial charge in [0.25, 0.3) is 0 Å². The van der Waals surface area contributed by atoms with E-state index in [-0.39, 0.29) is 23.3 Å². The van der Waals surface area contributed by atoms with Gasteiger partial charge in [0.1, 0.15) is 23.5 Å². The number of H-pyrrole nitrogens is 1. The topological polar surface area (TPSA) is 92.3 Å². The summed E-state index contributed by atoms with van der Waals surface area (Å²) < 4.78 is 49.9. The number of aromatic amines is 1. The van der Waals surface area contributed by atoms with Gasteiger partial charge in [-0.25, -0.2) is 13.5 Å². The molecule has 224 valence electrons. The van der Waals surface area contributed by atoms with Crippen molar-refractivity contribution in [2.45, 2.75) is 51.7 Å². The van der Waals surface area contributed by atoms with Gasteiger partial charge in [-0.05, 0) is 112 Å². The molecule has 3 aromatic carbocycles. The van der Waals surface area contributed by atoms with Crippen molar-refractivity contribution >= 4 is 16.7 Å². The van der Waals surface area contributed by atoms with Gasteiger partial charge in [0.2, 0.25) is 5.82 Å². The van der Waals surface area contributed by atoms with Crippen LogP contribution in [-0.2, 0) is 0 Å². The first-order valence-corrected chi connectivity index (χ1v) is 14.4. The summed E-state index contributed by atoms with van der Waals surface area (Å²) in [5.74, 6) is -1.84. The third-order valence-corrected chi connectivity index (χ3v) is 8.42. The van der Waals surface area contributed by atoms with Crippen LogP contribution in [0.25, 0.3) is 16.6 Å². The Balaban J connectivity index is 1.23. The van der Waals surface area contributed by atoms with E-state index in [4.69, 9.17) is 10.5 Å². The molecule has 5 aromatic rings. The molecule has 4 N–H and O–H groups in total. The van der Waals surface area contributed by atoms with Crippen LogP contribution in [-0.4, -0.2) is 43.9 Å². The number of nitrogens with one attached hydrogen (secondary N) is 1. The van der Waals surface area contributed by atoms with Gasteiger partial charge in [-0.1, -0.05) is 6.07 Å². The van der Waals surface area contributed by atoms with E-state index in [1.165, 1.54) is 29.1 Å². The van der Waals surface area contributed by atoms with E-state index in [0.717, 1.165) is 37.4 Å². The standard InChI is InChI=1S/C33H34F3N5O2/c1-18(2)40-11-9-20(10-12-40)23-14-21-15-28(39-27(21)16-26(23)35)32(42)24-17-38-41(33(24)37)29-8-7-22(13-19(29)3)43-30-6-4-5-25(34)31(30)36/h4-8,13-18,20,32,39,42H,9-12,37H2,1-3H3. The molecule has 1 aliphatic rings. The van der Waals surface area contributed by atoms with Crippen molar-refractivity contribution in [3.05, 3.63) is 101 Å². The minimum absolute atomic E-state index is 0.157. The van der Waals surface area contributed by atoms with Crippen molar-refractivity contribution in [3.8, 4) is 17.2 Å². The SMILES string of the molecule is Cc1cc(Oc2cccc(F)c2F)ccc1-n1ncc(C(O)c2cc3cc(C4CCN(C(C)C)CC4)c(F)cc3[nH]2)c1N. The molecule has 0 aliphatic carbocycles. The highest BCUT2D eigenvalue weighted by molar-refractivity contribution is 5.82. The van der Waals surface area contributed by atoms with Gasteiger partial charge in [-0.2, -0.15) is 9.49 Å². The fraction of sp³-hybridized carbons (Fsp3) is 0.303. The molecule has 7 nitrogen and oxygen atoms in total. The first-order valence-electron chi connectivity index (χ1n) is 14.4. The molecule has 2 aromatic heterocycles. The average Bonchev–Trinajstić information content (AvgIpc) is 3.58. The molecule has 1 saturated heterocycles. The maximum absolute atomic E-state index is 15.2. The Labute approximate surface area is 247 Å². The predicted octanol–water partition coefficient (Wildman–Crippen LogP) is 7.12. The molecule has 0 saturated carbocycles. The number of halogens is 3. The Morgan fingerprint density at radius 2 is 1.79 bits per heavy atom. The van der Waals surface area contributed by atoms with Crippen molar-refractivity contribution in [2.75, 3.05) is 18.8 Å². The number of hydrogen-bond acceptors (Lipinski definition) is 5. The minimum atomic E-state index is -1.12. The molecule has 1 fully saturated rings. The Hall–Kier alpha value is -4.28. The second-order valence-electron chi connectivity index (χ2n) is 11.5. The van der Waals surface area contributed by atoms with Gasteiger partial charge in [-0.15, -0.1) is 0 Å². The lowest BCUT2D eigenvalue weighted by atomic mass is 9.88. The fourth-order valence-electron chi connectivity index (χ4n) is 5.94. The zero-order valence-corrected chi connectivity index (χ0v) is 24.2. The number of anilines is 1. The van der Waals surface area contributed by atoms with Crippen LogP contribution in [0.3, 0.4) is 0 Å². The Bertz CT molecular complexity index is 1790.